The van der Waals surface area contributed by atoms with Gasteiger partial charge in [-0.3, -0.25) is 4.68 Å². The van der Waals surface area contributed by atoms with E-state index in [9.17, 15) is 0 Å². The van der Waals surface area contributed by atoms with Crippen LogP contribution in [0.15, 0.2) is 12.7 Å². The quantitative estimate of drug-likeness (QED) is 0.805. The van der Waals surface area contributed by atoms with Gasteiger partial charge in [0.1, 0.15) is 5.15 Å². The molecule has 1 unspecified atom stereocenters. The van der Waals surface area contributed by atoms with E-state index >= 15 is 0 Å². The van der Waals surface area contributed by atoms with Gasteiger partial charge in [-0.25, -0.2) is 0 Å². The smallest absolute Gasteiger partial charge is 0.130 e. The zero-order valence-electron chi connectivity index (χ0n) is 12.0. The minimum atomic E-state index is -0.0122. The Balaban J connectivity index is 2.88. The molecule has 0 aliphatic carbocycles. The Labute approximate surface area is 115 Å². The second kappa shape index (κ2) is 5.89. The van der Waals surface area contributed by atoms with Gasteiger partial charge in [0.15, 0.2) is 0 Å². The highest BCUT2D eigenvalue weighted by Gasteiger charge is 2.25. The van der Waals surface area contributed by atoms with Crippen LogP contribution in [0, 0.1) is 12.3 Å². The van der Waals surface area contributed by atoms with Crippen molar-refractivity contribution >= 4 is 11.6 Å². The largest absolute Gasteiger partial charge is 0.314 e. The lowest BCUT2D eigenvalue weighted by molar-refractivity contribution is 0.373. The van der Waals surface area contributed by atoms with Crippen LogP contribution in [0.1, 0.15) is 32.0 Å². The molecule has 0 aliphatic rings. The molecule has 0 spiro atoms. The monoisotopic (exact) mass is 269 g/mol. The Morgan fingerprint density at radius 3 is 2.56 bits per heavy atom. The first-order valence-corrected chi connectivity index (χ1v) is 6.72. The Morgan fingerprint density at radius 1 is 1.56 bits per heavy atom. The number of halogens is 1. The van der Waals surface area contributed by atoms with E-state index in [1.807, 2.05) is 20.0 Å². The van der Waals surface area contributed by atoms with Gasteiger partial charge in [-0.2, -0.15) is 5.10 Å². The predicted octanol–water partition coefficient (Wildman–Crippen LogP) is 3.11. The summed E-state index contributed by atoms with van der Waals surface area (Å²) in [6, 6.07) is 0.467. The zero-order chi connectivity index (χ0) is 13.9. The number of hydrogen-bond donors (Lipinski definition) is 1. The number of rotatable bonds is 6. The lowest BCUT2D eigenvalue weighted by Crippen LogP contribution is -2.36. The minimum absolute atomic E-state index is 0.0122. The van der Waals surface area contributed by atoms with E-state index < -0.39 is 0 Å². The van der Waals surface area contributed by atoms with Crippen molar-refractivity contribution in [3.05, 3.63) is 29.1 Å². The molecule has 0 aromatic carbocycles. The Hall–Kier alpha value is -0.800. The molecule has 0 bridgehead atoms. The van der Waals surface area contributed by atoms with Crippen LogP contribution in [0.25, 0.3) is 0 Å². The average molecular weight is 270 g/mol. The molecule has 0 fully saturated rings. The summed E-state index contributed by atoms with van der Waals surface area (Å²) in [6.07, 6.45) is 2.86. The molecular formula is C14H24ClN3. The highest BCUT2D eigenvalue weighted by Crippen LogP contribution is 2.29. The molecule has 4 heteroatoms. The Bertz CT molecular complexity index is 423. The van der Waals surface area contributed by atoms with E-state index in [1.165, 1.54) is 0 Å². The van der Waals surface area contributed by atoms with Gasteiger partial charge in [0, 0.05) is 30.6 Å². The number of aryl methyl sites for hydroxylation is 2. The van der Waals surface area contributed by atoms with E-state index in [2.05, 4.69) is 37.8 Å². The Morgan fingerprint density at radius 2 is 2.17 bits per heavy atom. The summed E-state index contributed by atoms with van der Waals surface area (Å²) in [5.41, 5.74) is 2.11. The van der Waals surface area contributed by atoms with Gasteiger partial charge in [0.25, 0.3) is 0 Å². The molecule has 0 radical (unpaired) electrons. The van der Waals surface area contributed by atoms with E-state index in [-0.39, 0.29) is 5.41 Å². The van der Waals surface area contributed by atoms with Crippen LogP contribution in [-0.4, -0.2) is 22.4 Å². The third-order valence-electron chi connectivity index (χ3n) is 3.26. The predicted molar refractivity (Wildman–Crippen MR) is 78.1 cm³/mol. The molecule has 18 heavy (non-hydrogen) atoms. The average Bonchev–Trinajstić information content (AvgIpc) is 2.53. The fourth-order valence-electron chi connectivity index (χ4n) is 1.92. The van der Waals surface area contributed by atoms with Crippen molar-refractivity contribution in [1.29, 1.82) is 0 Å². The molecule has 102 valence electrons. The molecular weight excluding hydrogens is 246 g/mol. The number of nitrogens with zero attached hydrogens (tertiary/aromatic N) is 2. The van der Waals surface area contributed by atoms with Crippen molar-refractivity contribution in [2.75, 3.05) is 6.54 Å². The van der Waals surface area contributed by atoms with Gasteiger partial charge >= 0.3 is 0 Å². The van der Waals surface area contributed by atoms with Crippen molar-refractivity contribution in [2.24, 2.45) is 12.5 Å². The van der Waals surface area contributed by atoms with E-state index in [4.69, 9.17) is 11.6 Å². The number of hydrogen-bond acceptors (Lipinski definition) is 2. The molecule has 1 heterocycles. The lowest BCUT2D eigenvalue weighted by Gasteiger charge is -2.27. The standard InChI is InChI=1S/C14H24ClN3/c1-7-14(5,9-16-10(2)3)8-12-11(4)17-18(6)13(12)15/h7,10,16H,1,8-9H2,2-6H3. The molecule has 1 atom stereocenters. The topological polar surface area (TPSA) is 29.9 Å². The first-order chi connectivity index (χ1) is 8.29. The summed E-state index contributed by atoms with van der Waals surface area (Å²) in [6.45, 7) is 13.3. The van der Waals surface area contributed by atoms with Crippen LogP contribution in [-0.2, 0) is 13.5 Å². The van der Waals surface area contributed by atoms with E-state index in [0.717, 1.165) is 29.4 Å². The fraction of sp³-hybridized carbons (Fsp3) is 0.643. The van der Waals surface area contributed by atoms with Crippen LogP contribution in [0.2, 0.25) is 5.15 Å². The van der Waals surface area contributed by atoms with Crippen molar-refractivity contribution < 1.29 is 0 Å². The van der Waals surface area contributed by atoms with E-state index in [0.29, 0.717) is 6.04 Å². The second-order valence-corrected chi connectivity index (χ2v) is 5.91. The first-order valence-electron chi connectivity index (χ1n) is 6.34. The molecule has 1 N–H and O–H groups in total. The third-order valence-corrected chi connectivity index (χ3v) is 3.73. The number of aromatic nitrogens is 2. The van der Waals surface area contributed by atoms with Crippen LogP contribution in [0.3, 0.4) is 0 Å². The van der Waals surface area contributed by atoms with Crippen LogP contribution < -0.4 is 5.32 Å². The van der Waals surface area contributed by atoms with Crippen LogP contribution in [0.4, 0.5) is 0 Å². The molecule has 3 nitrogen and oxygen atoms in total. The van der Waals surface area contributed by atoms with Crippen molar-refractivity contribution in [2.45, 2.75) is 40.2 Å². The summed E-state index contributed by atoms with van der Waals surface area (Å²) < 4.78 is 1.73. The third kappa shape index (κ3) is 3.59. The number of nitrogens with one attached hydrogen (secondary N) is 1. The molecule has 1 aromatic heterocycles. The first kappa shape index (κ1) is 15.3. The SMILES string of the molecule is C=CC(C)(CNC(C)C)Cc1c(C)nn(C)c1Cl. The summed E-state index contributed by atoms with van der Waals surface area (Å²) in [4.78, 5) is 0. The summed E-state index contributed by atoms with van der Waals surface area (Å²) >= 11 is 6.29. The Kier molecular flexibility index (Phi) is 5.00. The summed E-state index contributed by atoms with van der Waals surface area (Å²) in [7, 11) is 1.87. The molecule has 0 saturated carbocycles. The summed E-state index contributed by atoms with van der Waals surface area (Å²) in [5.74, 6) is 0. The normalized spacial score (nSPS) is 14.8. The van der Waals surface area contributed by atoms with E-state index in [1.54, 1.807) is 4.68 Å². The molecule has 1 rings (SSSR count). The van der Waals surface area contributed by atoms with Gasteiger partial charge in [0.05, 0.1) is 5.69 Å². The van der Waals surface area contributed by atoms with Gasteiger partial charge in [-0.15, -0.1) is 6.58 Å². The van der Waals surface area contributed by atoms with Crippen molar-refractivity contribution in [3.8, 4) is 0 Å². The summed E-state index contributed by atoms with van der Waals surface area (Å²) in [5, 5.41) is 8.54. The van der Waals surface area contributed by atoms with Crippen LogP contribution in [0.5, 0.6) is 0 Å². The zero-order valence-corrected chi connectivity index (χ0v) is 12.8. The fourth-order valence-corrected chi connectivity index (χ4v) is 2.16. The highest BCUT2D eigenvalue weighted by molar-refractivity contribution is 6.30. The molecule has 0 saturated heterocycles. The van der Waals surface area contributed by atoms with Gasteiger partial charge in [-0.05, 0) is 13.3 Å². The second-order valence-electron chi connectivity index (χ2n) is 5.55. The lowest BCUT2D eigenvalue weighted by atomic mass is 9.83. The maximum atomic E-state index is 6.29. The van der Waals surface area contributed by atoms with Crippen molar-refractivity contribution in [3.63, 3.8) is 0 Å². The minimum Gasteiger partial charge on any atom is -0.314 e. The molecule has 0 aliphatic heterocycles. The highest BCUT2D eigenvalue weighted by atomic mass is 35.5. The van der Waals surface area contributed by atoms with Crippen molar-refractivity contribution in [1.82, 2.24) is 15.1 Å². The van der Waals surface area contributed by atoms with Crippen LogP contribution >= 0.6 is 11.6 Å². The van der Waals surface area contributed by atoms with Gasteiger partial charge in [-0.1, -0.05) is 38.4 Å². The van der Waals surface area contributed by atoms with Gasteiger partial charge < -0.3 is 5.32 Å². The maximum Gasteiger partial charge on any atom is 0.130 e. The maximum absolute atomic E-state index is 6.29. The molecule has 1 aromatic rings. The molecule has 0 amide bonds. The van der Waals surface area contributed by atoms with Gasteiger partial charge in [0.2, 0.25) is 0 Å².